The molecule has 0 radical (unpaired) electrons. The van der Waals surface area contributed by atoms with E-state index in [0.717, 1.165) is 5.39 Å². The first kappa shape index (κ1) is 12.4. The number of benzene rings is 1. The zero-order chi connectivity index (χ0) is 15.0. The molecular weight excluding hydrogens is 268 g/mol. The highest BCUT2D eigenvalue weighted by molar-refractivity contribution is 5.91. The van der Waals surface area contributed by atoms with E-state index in [1.165, 1.54) is 4.52 Å². The number of nitrogen functional groups attached to an aromatic ring is 1. The van der Waals surface area contributed by atoms with E-state index in [1.807, 2.05) is 24.3 Å². The predicted molar refractivity (Wildman–Crippen MR) is 75.0 cm³/mol. The van der Waals surface area contributed by atoms with Crippen LogP contribution in [0.5, 0.6) is 0 Å². The van der Waals surface area contributed by atoms with E-state index in [1.54, 1.807) is 12.1 Å². The van der Waals surface area contributed by atoms with E-state index in [2.05, 4.69) is 15.3 Å². The Labute approximate surface area is 118 Å². The molecule has 2 aromatic heterocycles. The van der Waals surface area contributed by atoms with Gasteiger partial charge in [0.05, 0.1) is 11.2 Å². The van der Waals surface area contributed by atoms with Gasteiger partial charge in [-0.3, -0.25) is 0 Å². The number of nitriles is 2. The quantitative estimate of drug-likeness (QED) is 0.618. The van der Waals surface area contributed by atoms with Crippen LogP contribution in [-0.2, 0) is 0 Å². The second kappa shape index (κ2) is 4.47. The molecule has 0 unspecified atom stereocenters. The van der Waals surface area contributed by atoms with Gasteiger partial charge >= 0.3 is 0 Å². The van der Waals surface area contributed by atoms with Crippen molar-refractivity contribution in [1.29, 1.82) is 10.5 Å². The van der Waals surface area contributed by atoms with Crippen molar-refractivity contribution >= 4 is 28.1 Å². The summed E-state index contributed by atoms with van der Waals surface area (Å²) in [5.41, 5.74) is 12.6. The van der Waals surface area contributed by atoms with Crippen molar-refractivity contribution in [2.45, 2.75) is 0 Å². The molecule has 0 atom stereocenters. The monoisotopic (exact) mass is 276 g/mol. The van der Waals surface area contributed by atoms with Crippen LogP contribution in [0.3, 0.4) is 0 Å². The summed E-state index contributed by atoms with van der Waals surface area (Å²) in [5, 5.41) is 26.4. The van der Waals surface area contributed by atoms with Crippen LogP contribution in [-0.4, -0.2) is 19.8 Å². The van der Waals surface area contributed by atoms with Crippen molar-refractivity contribution in [3.63, 3.8) is 0 Å². The Morgan fingerprint density at radius 1 is 1.19 bits per heavy atom. The zero-order valence-electron chi connectivity index (χ0n) is 10.6. The lowest BCUT2D eigenvalue weighted by atomic mass is 10.2. The second-order valence-electron chi connectivity index (χ2n) is 4.20. The van der Waals surface area contributed by atoms with Gasteiger partial charge in [-0.2, -0.15) is 15.0 Å². The number of aromatic nitrogens is 4. The molecule has 4 N–H and O–H groups in total. The number of fused-ring (bicyclic) bond motifs is 3. The molecule has 0 saturated carbocycles. The Morgan fingerprint density at radius 2 is 1.90 bits per heavy atom. The summed E-state index contributed by atoms with van der Waals surface area (Å²) in [5.74, 6) is 0.296. The van der Waals surface area contributed by atoms with Gasteiger partial charge in [0.15, 0.2) is 16.9 Å². The van der Waals surface area contributed by atoms with Crippen molar-refractivity contribution in [1.82, 2.24) is 19.8 Å². The molecule has 0 bridgehead atoms. The lowest BCUT2D eigenvalue weighted by Gasteiger charge is -2.03. The lowest BCUT2D eigenvalue weighted by molar-refractivity contribution is 0.873. The minimum Gasteiger partial charge on any atom is -0.395 e. The van der Waals surface area contributed by atoms with Crippen molar-refractivity contribution < 1.29 is 0 Å². The number of para-hydroxylation sites is 1. The SMILES string of the molecule is N#CC(C#N)=C(N)c1nnn2c1nc(N)c1ccccc12. The molecular formula is C13H8N8. The second-order valence-corrected chi connectivity index (χ2v) is 4.20. The fourth-order valence-corrected chi connectivity index (χ4v) is 2.03. The smallest absolute Gasteiger partial charge is 0.187 e. The molecule has 0 aliphatic carbocycles. The molecule has 21 heavy (non-hydrogen) atoms. The molecule has 0 spiro atoms. The van der Waals surface area contributed by atoms with Crippen LogP contribution in [0.15, 0.2) is 29.8 Å². The normalized spacial score (nSPS) is 10.2. The van der Waals surface area contributed by atoms with Crippen LogP contribution < -0.4 is 11.5 Å². The van der Waals surface area contributed by atoms with Crippen molar-refractivity contribution in [2.75, 3.05) is 5.73 Å². The maximum absolute atomic E-state index is 8.88. The number of rotatable bonds is 1. The zero-order valence-corrected chi connectivity index (χ0v) is 10.6. The third kappa shape index (κ3) is 1.71. The Kier molecular flexibility index (Phi) is 2.64. The fraction of sp³-hybridized carbons (Fsp3) is 0. The van der Waals surface area contributed by atoms with Crippen LogP contribution in [0, 0.1) is 22.7 Å². The highest BCUT2D eigenvalue weighted by Gasteiger charge is 2.17. The molecule has 8 heteroatoms. The maximum atomic E-state index is 8.88. The Morgan fingerprint density at radius 3 is 2.62 bits per heavy atom. The Bertz CT molecular complexity index is 967. The van der Waals surface area contributed by atoms with Crippen LogP contribution in [0.2, 0.25) is 0 Å². The van der Waals surface area contributed by atoms with Crippen LogP contribution in [0.4, 0.5) is 5.82 Å². The van der Waals surface area contributed by atoms with Gasteiger partial charge in [-0.25, -0.2) is 4.98 Å². The molecule has 1 aromatic carbocycles. The number of hydrogen-bond acceptors (Lipinski definition) is 7. The van der Waals surface area contributed by atoms with Gasteiger partial charge in [-0.05, 0) is 12.1 Å². The standard InChI is InChI=1S/C13H8N8/c14-5-7(6-15)10(16)11-13-18-12(17)8-3-1-2-4-9(8)21(13)20-19-11/h1-4H,16H2,(H2,17,18). The number of allylic oxidation sites excluding steroid dienone is 1. The molecule has 0 saturated heterocycles. The number of nitrogens with zero attached hydrogens (tertiary/aromatic N) is 6. The van der Waals surface area contributed by atoms with Crippen LogP contribution in [0.1, 0.15) is 5.69 Å². The molecule has 0 amide bonds. The predicted octanol–water partition coefficient (Wildman–Crippen LogP) is 0.577. The third-order valence-electron chi connectivity index (χ3n) is 3.03. The van der Waals surface area contributed by atoms with E-state index >= 15 is 0 Å². The van der Waals surface area contributed by atoms with Crippen molar-refractivity contribution in [3.8, 4) is 12.1 Å². The summed E-state index contributed by atoms with van der Waals surface area (Å²) in [6.45, 7) is 0. The molecule has 0 aliphatic rings. The Hall–Kier alpha value is -3.65. The average Bonchev–Trinajstić information content (AvgIpc) is 2.92. The maximum Gasteiger partial charge on any atom is 0.187 e. The van der Waals surface area contributed by atoms with Crippen molar-refractivity contribution in [3.05, 3.63) is 35.5 Å². The lowest BCUT2D eigenvalue weighted by Crippen LogP contribution is -2.04. The number of anilines is 1. The van der Waals surface area contributed by atoms with Crippen LogP contribution in [0.25, 0.3) is 22.2 Å². The van der Waals surface area contributed by atoms with Crippen molar-refractivity contribution in [2.24, 2.45) is 5.73 Å². The highest BCUT2D eigenvalue weighted by atomic mass is 15.4. The summed E-state index contributed by atoms with van der Waals surface area (Å²) in [4.78, 5) is 4.22. The van der Waals surface area contributed by atoms with E-state index in [0.29, 0.717) is 17.0 Å². The summed E-state index contributed by atoms with van der Waals surface area (Å²) >= 11 is 0. The first-order valence-electron chi connectivity index (χ1n) is 5.87. The minimum atomic E-state index is -0.245. The van der Waals surface area contributed by atoms with Gasteiger partial charge in [-0.15, -0.1) is 5.10 Å². The van der Waals surface area contributed by atoms with Gasteiger partial charge in [0.25, 0.3) is 0 Å². The van der Waals surface area contributed by atoms with Gasteiger partial charge in [0.2, 0.25) is 0 Å². The first-order chi connectivity index (χ1) is 10.2. The average molecular weight is 276 g/mol. The fourth-order valence-electron chi connectivity index (χ4n) is 2.03. The molecule has 3 rings (SSSR count). The summed E-state index contributed by atoms with van der Waals surface area (Å²) in [7, 11) is 0. The van der Waals surface area contributed by atoms with Gasteiger partial charge < -0.3 is 11.5 Å². The van der Waals surface area contributed by atoms with Gasteiger partial charge in [0, 0.05) is 5.39 Å². The van der Waals surface area contributed by atoms with E-state index in [4.69, 9.17) is 22.0 Å². The minimum absolute atomic E-state index is 0.0721. The third-order valence-corrected chi connectivity index (χ3v) is 3.03. The largest absolute Gasteiger partial charge is 0.395 e. The highest BCUT2D eigenvalue weighted by Crippen LogP contribution is 2.23. The molecule has 3 aromatic rings. The summed E-state index contributed by atoms with van der Waals surface area (Å²) < 4.78 is 1.47. The molecule has 0 aliphatic heterocycles. The van der Waals surface area contributed by atoms with Gasteiger partial charge in [-0.1, -0.05) is 17.3 Å². The topological polar surface area (TPSA) is 143 Å². The number of nitrogens with two attached hydrogens (primary N) is 2. The molecule has 8 nitrogen and oxygen atoms in total. The van der Waals surface area contributed by atoms with Crippen LogP contribution >= 0.6 is 0 Å². The van der Waals surface area contributed by atoms with E-state index in [9.17, 15) is 0 Å². The number of hydrogen-bond donors (Lipinski definition) is 2. The van der Waals surface area contributed by atoms with E-state index in [-0.39, 0.29) is 17.0 Å². The summed E-state index contributed by atoms with van der Waals surface area (Å²) in [6.07, 6.45) is 0. The molecule has 100 valence electrons. The van der Waals surface area contributed by atoms with E-state index < -0.39 is 0 Å². The molecule has 2 heterocycles. The van der Waals surface area contributed by atoms with Gasteiger partial charge in [0.1, 0.15) is 18.0 Å². The molecule has 0 fully saturated rings. The summed E-state index contributed by atoms with van der Waals surface area (Å²) in [6, 6.07) is 10.7. The Balaban J connectivity index is 2.43. The first-order valence-corrected chi connectivity index (χ1v) is 5.87.